The number of sulfonamides is 1. The first-order valence-electron chi connectivity index (χ1n) is 5.06. The molecule has 1 saturated carbocycles. The number of nitrogens with one attached hydrogen (secondary N) is 1. The molecule has 0 aliphatic heterocycles. The van der Waals surface area contributed by atoms with Crippen molar-refractivity contribution in [3.8, 4) is 0 Å². The Morgan fingerprint density at radius 3 is 1.89 bits per heavy atom. The molecule has 106 valence electrons. The van der Waals surface area contributed by atoms with Crippen LogP contribution >= 0.6 is 33.9 Å². The second-order valence-corrected chi connectivity index (χ2v) is 9.39. The van der Waals surface area contributed by atoms with Crippen molar-refractivity contribution in [1.82, 2.24) is 0 Å². The minimum absolute atomic E-state index is 0.0423. The van der Waals surface area contributed by atoms with Gasteiger partial charge in [0.25, 0.3) is 9.05 Å². The van der Waals surface area contributed by atoms with Gasteiger partial charge in [-0.15, -0.1) is 0 Å². The number of rotatable bonds is 4. The van der Waals surface area contributed by atoms with Crippen molar-refractivity contribution in [2.45, 2.75) is 23.0 Å². The number of halogens is 3. The summed E-state index contributed by atoms with van der Waals surface area (Å²) in [6, 6.07) is 2.08. The predicted molar refractivity (Wildman–Crippen MR) is 75.1 cm³/mol. The Hall–Kier alpha value is -0.210. The van der Waals surface area contributed by atoms with Crippen molar-refractivity contribution < 1.29 is 16.8 Å². The largest absolute Gasteiger partial charge is 0.280 e. The third-order valence-corrected chi connectivity index (χ3v) is 6.27. The van der Waals surface area contributed by atoms with Crippen LogP contribution in [-0.4, -0.2) is 22.1 Å². The van der Waals surface area contributed by atoms with Crippen LogP contribution in [0.1, 0.15) is 12.8 Å². The summed E-state index contributed by atoms with van der Waals surface area (Å²) in [5, 5.41) is -0.706. The molecule has 19 heavy (non-hydrogen) atoms. The van der Waals surface area contributed by atoms with E-state index in [2.05, 4.69) is 4.72 Å². The number of benzene rings is 1. The Balaban J connectivity index is 2.43. The second kappa shape index (κ2) is 4.96. The van der Waals surface area contributed by atoms with Gasteiger partial charge in [-0.2, -0.15) is 0 Å². The van der Waals surface area contributed by atoms with Gasteiger partial charge in [-0.1, -0.05) is 23.2 Å². The van der Waals surface area contributed by atoms with Crippen LogP contribution in [0.25, 0.3) is 0 Å². The Labute approximate surface area is 125 Å². The van der Waals surface area contributed by atoms with E-state index in [1.54, 1.807) is 0 Å². The molecule has 0 saturated heterocycles. The Bertz CT molecular complexity index is 703. The molecule has 10 heteroatoms. The van der Waals surface area contributed by atoms with Crippen molar-refractivity contribution in [3.63, 3.8) is 0 Å². The van der Waals surface area contributed by atoms with E-state index in [1.165, 1.54) is 0 Å². The standard InChI is InChI=1S/C9H8Cl3NO4S2/c10-7-3-6(18(12,14)15)4-8(11)9(7)13-19(16,17)5-1-2-5/h3-5,13H,1-2H2. The highest BCUT2D eigenvalue weighted by Crippen LogP contribution is 2.37. The van der Waals surface area contributed by atoms with Crippen molar-refractivity contribution >= 4 is 58.6 Å². The highest BCUT2D eigenvalue weighted by molar-refractivity contribution is 8.13. The Morgan fingerprint density at radius 2 is 1.53 bits per heavy atom. The van der Waals surface area contributed by atoms with Crippen LogP contribution in [0.3, 0.4) is 0 Å². The van der Waals surface area contributed by atoms with Gasteiger partial charge in [0.2, 0.25) is 10.0 Å². The van der Waals surface area contributed by atoms with Gasteiger partial charge in [0.05, 0.1) is 25.9 Å². The molecule has 5 nitrogen and oxygen atoms in total. The summed E-state index contributed by atoms with van der Waals surface area (Å²) in [4.78, 5) is -0.293. The maximum atomic E-state index is 11.8. The molecule has 0 heterocycles. The van der Waals surface area contributed by atoms with Crippen LogP contribution in [0.5, 0.6) is 0 Å². The molecule has 0 unspecified atom stereocenters. The molecule has 1 aromatic rings. The molecule has 1 N–H and O–H groups in total. The number of hydrogen-bond acceptors (Lipinski definition) is 4. The summed E-state index contributed by atoms with van der Waals surface area (Å²) in [5.41, 5.74) is -0.0423. The molecule has 1 aromatic carbocycles. The van der Waals surface area contributed by atoms with Crippen molar-refractivity contribution in [3.05, 3.63) is 22.2 Å². The van der Waals surface area contributed by atoms with Crippen LogP contribution in [0, 0.1) is 0 Å². The predicted octanol–water partition coefficient (Wildman–Crippen LogP) is 2.83. The lowest BCUT2D eigenvalue weighted by Crippen LogP contribution is -2.18. The van der Waals surface area contributed by atoms with Gasteiger partial charge in [0.15, 0.2) is 0 Å². The molecule has 0 radical (unpaired) electrons. The quantitative estimate of drug-likeness (QED) is 0.833. The molecule has 0 amide bonds. The summed E-state index contributed by atoms with van der Waals surface area (Å²) in [6.07, 6.45) is 1.16. The summed E-state index contributed by atoms with van der Waals surface area (Å²) in [5.74, 6) is 0. The van der Waals surface area contributed by atoms with E-state index in [1.807, 2.05) is 0 Å². The van der Waals surface area contributed by atoms with E-state index < -0.39 is 24.3 Å². The van der Waals surface area contributed by atoms with Gasteiger partial charge in [0, 0.05) is 10.7 Å². The molecule has 0 aromatic heterocycles. The average Bonchev–Trinajstić information content (AvgIpc) is 3.05. The van der Waals surface area contributed by atoms with Gasteiger partial charge >= 0.3 is 0 Å². The summed E-state index contributed by atoms with van der Waals surface area (Å²) < 4.78 is 48.1. The maximum absolute atomic E-state index is 11.8. The van der Waals surface area contributed by atoms with E-state index >= 15 is 0 Å². The molecular weight excluding hydrogens is 357 g/mol. The average molecular weight is 365 g/mol. The van der Waals surface area contributed by atoms with Crippen LogP contribution in [0.4, 0.5) is 5.69 Å². The molecule has 0 bridgehead atoms. The summed E-state index contributed by atoms with van der Waals surface area (Å²) in [7, 11) is -2.36. The summed E-state index contributed by atoms with van der Waals surface area (Å²) in [6.45, 7) is 0. The zero-order valence-electron chi connectivity index (χ0n) is 9.23. The van der Waals surface area contributed by atoms with E-state index in [9.17, 15) is 16.8 Å². The third kappa shape index (κ3) is 3.46. The van der Waals surface area contributed by atoms with Gasteiger partial charge in [-0.25, -0.2) is 16.8 Å². The molecule has 1 aliphatic carbocycles. The highest BCUT2D eigenvalue weighted by atomic mass is 35.7. The van der Waals surface area contributed by atoms with Gasteiger partial charge in [0.1, 0.15) is 0 Å². The highest BCUT2D eigenvalue weighted by Gasteiger charge is 2.36. The molecule has 0 atom stereocenters. The van der Waals surface area contributed by atoms with E-state index in [0.717, 1.165) is 12.1 Å². The topological polar surface area (TPSA) is 80.3 Å². The van der Waals surface area contributed by atoms with Crippen molar-refractivity contribution in [2.24, 2.45) is 0 Å². The molecule has 1 fully saturated rings. The number of anilines is 1. The monoisotopic (exact) mass is 363 g/mol. The fraction of sp³-hybridized carbons (Fsp3) is 0.333. The van der Waals surface area contributed by atoms with Crippen LogP contribution in [0.15, 0.2) is 17.0 Å². The van der Waals surface area contributed by atoms with Crippen molar-refractivity contribution in [2.75, 3.05) is 4.72 Å². The Morgan fingerprint density at radius 1 is 1.05 bits per heavy atom. The van der Waals surface area contributed by atoms with Crippen LogP contribution in [0.2, 0.25) is 10.0 Å². The third-order valence-electron chi connectivity index (χ3n) is 2.50. The van der Waals surface area contributed by atoms with E-state index in [4.69, 9.17) is 33.9 Å². The zero-order valence-corrected chi connectivity index (χ0v) is 13.1. The molecule has 0 spiro atoms. The summed E-state index contributed by atoms with van der Waals surface area (Å²) >= 11 is 11.7. The number of hydrogen-bond donors (Lipinski definition) is 1. The first kappa shape index (κ1) is 15.2. The Kier molecular flexibility index (Phi) is 3.97. The van der Waals surface area contributed by atoms with E-state index in [0.29, 0.717) is 12.8 Å². The molecular formula is C9H8Cl3NO4S2. The molecule has 2 rings (SSSR count). The van der Waals surface area contributed by atoms with Crippen LogP contribution in [-0.2, 0) is 19.1 Å². The lowest BCUT2D eigenvalue weighted by molar-refractivity contribution is 0.600. The van der Waals surface area contributed by atoms with E-state index in [-0.39, 0.29) is 20.6 Å². The SMILES string of the molecule is O=S(=O)(Cl)c1cc(Cl)c(NS(=O)(=O)C2CC2)c(Cl)c1. The lowest BCUT2D eigenvalue weighted by Gasteiger charge is -2.11. The molecule has 1 aliphatic rings. The van der Waals surface area contributed by atoms with Gasteiger partial charge in [-0.05, 0) is 25.0 Å². The zero-order chi connectivity index (χ0) is 14.4. The van der Waals surface area contributed by atoms with Gasteiger partial charge < -0.3 is 0 Å². The normalized spacial score (nSPS) is 16.4. The lowest BCUT2D eigenvalue weighted by atomic mass is 10.3. The van der Waals surface area contributed by atoms with Crippen LogP contribution < -0.4 is 4.72 Å². The van der Waals surface area contributed by atoms with Crippen molar-refractivity contribution in [1.29, 1.82) is 0 Å². The fourth-order valence-electron chi connectivity index (χ4n) is 1.39. The first-order valence-corrected chi connectivity index (χ1v) is 9.68. The first-order chi connectivity index (χ1) is 8.61. The minimum Gasteiger partial charge on any atom is -0.280 e. The second-order valence-electron chi connectivity index (χ2n) is 4.05. The fourth-order valence-corrected chi connectivity index (χ4v) is 4.43. The smallest absolute Gasteiger partial charge is 0.261 e. The van der Waals surface area contributed by atoms with Gasteiger partial charge in [-0.3, -0.25) is 4.72 Å². The minimum atomic E-state index is -3.99. The maximum Gasteiger partial charge on any atom is 0.261 e.